The van der Waals surface area contributed by atoms with Crippen LogP contribution in [0.3, 0.4) is 0 Å². The molecule has 4 nitrogen and oxygen atoms in total. The maximum Gasteiger partial charge on any atom is 0.322 e. The molecule has 4 heteroatoms. The summed E-state index contributed by atoms with van der Waals surface area (Å²) in [7, 11) is 0. The molecule has 0 amide bonds. The summed E-state index contributed by atoms with van der Waals surface area (Å²) in [6.07, 6.45) is 8.43. The molecule has 1 aromatic carbocycles. The summed E-state index contributed by atoms with van der Waals surface area (Å²) >= 11 is 0. The molecule has 124 valence electrons. The number of nitrogen functional groups attached to an aromatic ring is 1. The van der Waals surface area contributed by atoms with Crippen molar-refractivity contribution in [3.63, 3.8) is 0 Å². The number of unbranched alkanes of at least 4 members (excludes halogenated alkanes) is 5. The van der Waals surface area contributed by atoms with Gasteiger partial charge in [0.2, 0.25) is 0 Å². The SMILES string of the molecule is CCCCCCCCOC(=O)[C@@H](N)CCc1ccc(N)cc1. The molecule has 0 bridgehead atoms. The molecule has 0 saturated heterocycles. The fourth-order valence-corrected chi connectivity index (χ4v) is 2.29. The smallest absolute Gasteiger partial charge is 0.322 e. The third-order valence-electron chi connectivity index (χ3n) is 3.77. The molecule has 0 saturated carbocycles. The molecule has 1 aromatic rings. The van der Waals surface area contributed by atoms with E-state index in [-0.39, 0.29) is 5.97 Å². The third-order valence-corrected chi connectivity index (χ3v) is 3.77. The monoisotopic (exact) mass is 306 g/mol. The molecule has 0 aliphatic carbocycles. The Morgan fingerprint density at radius 1 is 1.09 bits per heavy atom. The van der Waals surface area contributed by atoms with Crippen molar-refractivity contribution in [2.24, 2.45) is 5.73 Å². The van der Waals surface area contributed by atoms with Crippen LogP contribution in [0.4, 0.5) is 5.69 Å². The average molecular weight is 306 g/mol. The fourth-order valence-electron chi connectivity index (χ4n) is 2.29. The van der Waals surface area contributed by atoms with E-state index in [1.165, 1.54) is 25.7 Å². The van der Waals surface area contributed by atoms with Gasteiger partial charge in [0.1, 0.15) is 6.04 Å². The topological polar surface area (TPSA) is 78.3 Å². The molecule has 0 unspecified atom stereocenters. The third kappa shape index (κ3) is 8.03. The Hall–Kier alpha value is -1.55. The van der Waals surface area contributed by atoms with Gasteiger partial charge in [-0.2, -0.15) is 0 Å². The number of anilines is 1. The van der Waals surface area contributed by atoms with Gasteiger partial charge in [0, 0.05) is 5.69 Å². The molecular formula is C18H30N2O2. The van der Waals surface area contributed by atoms with Crippen molar-refractivity contribution in [1.29, 1.82) is 0 Å². The molecule has 0 heterocycles. The summed E-state index contributed by atoms with van der Waals surface area (Å²) in [5.41, 5.74) is 13.4. The average Bonchev–Trinajstić information content (AvgIpc) is 2.53. The zero-order valence-corrected chi connectivity index (χ0v) is 13.7. The minimum atomic E-state index is -0.544. The second-order valence-electron chi connectivity index (χ2n) is 5.82. The number of hydrogen-bond acceptors (Lipinski definition) is 4. The molecule has 0 radical (unpaired) electrons. The number of ether oxygens (including phenoxy) is 1. The minimum Gasteiger partial charge on any atom is -0.465 e. The molecule has 4 N–H and O–H groups in total. The summed E-state index contributed by atoms with van der Waals surface area (Å²) in [5.74, 6) is -0.288. The maximum absolute atomic E-state index is 11.8. The van der Waals surface area contributed by atoms with E-state index in [1.54, 1.807) is 0 Å². The van der Waals surface area contributed by atoms with E-state index >= 15 is 0 Å². The van der Waals surface area contributed by atoms with E-state index in [0.717, 1.165) is 30.5 Å². The Balaban J connectivity index is 2.10. The highest BCUT2D eigenvalue weighted by Crippen LogP contribution is 2.09. The van der Waals surface area contributed by atoms with Crippen LogP contribution in [0.5, 0.6) is 0 Å². The summed E-state index contributed by atoms with van der Waals surface area (Å²) < 4.78 is 5.23. The summed E-state index contributed by atoms with van der Waals surface area (Å²) in [4.78, 5) is 11.8. The number of carbonyl (C=O) groups is 1. The van der Waals surface area contributed by atoms with Gasteiger partial charge in [0.05, 0.1) is 6.61 Å². The predicted octanol–water partition coefficient (Wildman–Crippen LogP) is 3.43. The lowest BCUT2D eigenvalue weighted by atomic mass is 10.1. The van der Waals surface area contributed by atoms with Gasteiger partial charge in [0.15, 0.2) is 0 Å². The quantitative estimate of drug-likeness (QED) is 0.373. The zero-order chi connectivity index (χ0) is 16.2. The first kappa shape index (κ1) is 18.5. The number of rotatable bonds is 11. The second kappa shape index (κ2) is 11.1. The summed E-state index contributed by atoms with van der Waals surface area (Å²) in [6, 6.07) is 7.10. The highest BCUT2D eigenvalue weighted by molar-refractivity contribution is 5.75. The van der Waals surface area contributed by atoms with Gasteiger partial charge < -0.3 is 16.2 Å². The first-order valence-electron chi connectivity index (χ1n) is 8.40. The van der Waals surface area contributed by atoms with Crippen LogP contribution < -0.4 is 11.5 Å². The number of carbonyl (C=O) groups excluding carboxylic acids is 1. The molecule has 0 aliphatic rings. The van der Waals surface area contributed by atoms with Crippen molar-refractivity contribution in [1.82, 2.24) is 0 Å². The standard InChI is InChI=1S/C18H30N2O2/c1-2-3-4-5-6-7-14-22-18(21)17(20)13-10-15-8-11-16(19)12-9-15/h8-9,11-12,17H,2-7,10,13-14,19-20H2,1H3/t17-/m0/s1. The summed E-state index contributed by atoms with van der Waals surface area (Å²) in [5, 5.41) is 0. The number of aryl methyl sites for hydroxylation is 1. The van der Waals surface area contributed by atoms with Gasteiger partial charge in [-0.05, 0) is 37.0 Å². The zero-order valence-electron chi connectivity index (χ0n) is 13.7. The predicted molar refractivity (Wildman–Crippen MR) is 91.5 cm³/mol. The molecular weight excluding hydrogens is 276 g/mol. The lowest BCUT2D eigenvalue weighted by molar-refractivity contribution is -0.145. The highest BCUT2D eigenvalue weighted by Gasteiger charge is 2.14. The molecule has 1 rings (SSSR count). The number of hydrogen-bond donors (Lipinski definition) is 2. The van der Waals surface area contributed by atoms with Gasteiger partial charge in [0.25, 0.3) is 0 Å². The van der Waals surface area contributed by atoms with E-state index in [2.05, 4.69) is 6.92 Å². The van der Waals surface area contributed by atoms with Crippen LogP contribution in [0.15, 0.2) is 24.3 Å². The van der Waals surface area contributed by atoms with Crippen molar-refractivity contribution < 1.29 is 9.53 Å². The van der Waals surface area contributed by atoms with Crippen molar-refractivity contribution >= 4 is 11.7 Å². The van der Waals surface area contributed by atoms with E-state index in [4.69, 9.17) is 16.2 Å². The van der Waals surface area contributed by atoms with E-state index in [9.17, 15) is 4.79 Å². The molecule has 0 spiro atoms. The largest absolute Gasteiger partial charge is 0.465 e. The van der Waals surface area contributed by atoms with Crippen molar-refractivity contribution in [3.05, 3.63) is 29.8 Å². The van der Waals surface area contributed by atoms with Crippen molar-refractivity contribution in [2.45, 2.75) is 64.3 Å². The molecule has 0 aromatic heterocycles. The van der Waals surface area contributed by atoms with E-state index in [0.29, 0.717) is 13.0 Å². The van der Waals surface area contributed by atoms with Gasteiger partial charge in [-0.25, -0.2) is 0 Å². The van der Waals surface area contributed by atoms with E-state index in [1.807, 2.05) is 24.3 Å². The number of nitrogens with two attached hydrogens (primary N) is 2. The molecule has 0 fully saturated rings. The Labute approximate surface area is 134 Å². The Kier molecular flexibility index (Phi) is 9.31. The van der Waals surface area contributed by atoms with Crippen LogP contribution in [-0.4, -0.2) is 18.6 Å². The van der Waals surface area contributed by atoms with Crippen molar-refractivity contribution in [3.8, 4) is 0 Å². The fraction of sp³-hybridized carbons (Fsp3) is 0.611. The van der Waals surface area contributed by atoms with Crippen molar-refractivity contribution in [2.75, 3.05) is 12.3 Å². The number of esters is 1. The van der Waals surface area contributed by atoms with Gasteiger partial charge in [-0.15, -0.1) is 0 Å². The Morgan fingerprint density at radius 3 is 2.41 bits per heavy atom. The van der Waals surface area contributed by atoms with Gasteiger partial charge in [-0.1, -0.05) is 51.2 Å². The lowest BCUT2D eigenvalue weighted by Gasteiger charge is -2.11. The normalized spacial score (nSPS) is 12.1. The number of benzene rings is 1. The highest BCUT2D eigenvalue weighted by atomic mass is 16.5. The van der Waals surface area contributed by atoms with Crippen LogP contribution in [0.25, 0.3) is 0 Å². The van der Waals surface area contributed by atoms with Gasteiger partial charge in [-0.3, -0.25) is 4.79 Å². The summed E-state index contributed by atoms with van der Waals surface area (Å²) in [6.45, 7) is 2.69. The molecule has 1 atom stereocenters. The van der Waals surface area contributed by atoms with E-state index < -0.39 is 6.04 Å². The first-order valence-corrected chi connectivity index (χ1v) is 8.40. The molecule has 22 heavy (non-hydrogen) atoms. The second-order valence-corrected chi connectivity index (χ2v) is 5.82. The maximum atomic E-state index is 11.8. The van der Waals surface area contributed by atoms with Crippen LogP contribution in [0.2, 0.25) is 0 Å². The van der Waals surface area contributed by atoms with Crippen LogP contribution in [0.1, 0.15) is 57.4 Å². The van der Waals surface area contributed by atoms with Crippen LogP contribution in [-0.2, 0) is 16.0 Å². The minimum absolute atomic E-state index is 0.288. The first-order chi connectivity index (χ1) is 10.6. The Bertz CT molecular complexity index is 418. The van der Waals surface area contributed by atoms with Crippen LogP contribution in [0, 0.1) is 0 Å². The lowest BCUT2D eigenvalue weighted by Crippen LogP contribution is -2.33. The molecule has 0 aliphatic heterocycles. The Morgan fingerprint density at radius 2 is 1.73 bits per heavy atom. The van der Waals surface area contributed by atoms with Gasteiger partial charge >= 0.3 is 5.97 Å². The van der Waals surface area contributed by atoms with Crippen LogP contribution >= 0.6 is 0 Å².